The van der Waals surface area contributed by atoms with Gasteiger partial charge in [0.1, 0.15) is 16.5 Å². The van der Waals surface area contributed by atoms with Crippen molar-refractivity contribution in [2.45, 2.75) is 48.6 Å². The van der Waals surface area contributed by atoms with Crippen molar-refractivity contribution in [3.63, 3.8) is 0 Å². The molecule has 2 saturated heterocycles. The van der Waals surface area contributed by atoms with Crippen molar-refractivity contribution in [2.75, 3.05) is 12.0 Å². The Morgan fingerprint density at radius 2 is 1.80 bits per heavy atom. The lowest BCUT2D eigenvalue weighted by Crippen LogP contribution is -2.38. The van der Waals surface area contributed by atoms with Gasteiger partial charge >= 0.3 is 0 Å². The van der Waals surface area contributed by atoms with E-state index in [1.165, 1.54) is 16.8 Å². The molecule has 0 aliphatic carbocycles. The van der Waals surface area contributed by atoms with Gasteiger partial charge in [-0.3, -0.25) is 4.98 Å². The first-order valence-corrected chi connectivity index (χ1v) is 13.5. The molecule has 0 spiro atoms. The van der Waals surface area contributed by atoms with E-state index in [0.29, 0.717) is 40.2 Å². The average molecular weight is 493 g/mol. The first-order chi connectivity index (χ1) is 16.8. The number of pyridine rings is 1. The number of nitrogens with one attached hydrogen (secondary N) is 1. The Labute approximate surface area is 202 Å². The molecule has 2 aliphatic heterocycles. The van der Waals surface area contributed by atoms with Crippen molar-refractivity contribution in [2.24, 2.45) is 0 Å². The fourth-order valence-electron chi connectivity index (χ4n) is 5.54. The summed E-state index contributed by atoms with van der Waals surface area (Å²) >= 11 is 0. The summed E-state index contributed by atoms with van der Waals surface area (Å²) in [6.07, 6.45) is 8.25. The molecular weight excluding hydrogens is 467 g/mol. The summed E-state index contributed by atoms with van der Waals surface area (Å²) in [6, 6.07) is 10.8. The van der Waals surface area contributed by atoms with E-state index in [1.54, 1.807) is 36.7 Å². The number of nitrogens with zero attached hydrogens (tertiary/aromatic N) is 4. The van der Waals surface area contributed by atoms with Gasteiger partial charge in [0.2, 0.25) is 0 Å². The van der Waals surface area contributed by atoms with Gasteiger partial charge in [-0.15, -0.1) is 0 Å². The smallest absolute Gasteiger partial charge is 0.180 e. The van der Waals surface area contributed by atoms with Crippen LogP contribution in [0.25, 0.3) is 28.0 Å². The minimum absolute atomic E-state index is 0.00455. The zero-order chi connectivity index (χ0) is 24.3. The van der Waals surface area contributed by atoms with Crippen LogP contribution in [0.3, 0.4) is 0 Å². The molecule has 3 N–H and O–H groups in total. The number of fused-ring (bicyclic) bond motifs is 3. The minimum atomic E-state index is -3.63. The number of nitrogens with two attached hydrogens (primary N) is 1. The molecule has 5 heterocycles. The van der Waals surface area contributed by atoms with Crippen molar-refractivity contribution in [1.29, 1.82) is 0 Å². The van der Waals surface area contributed by atoms with Crippen LogP contribution in [0.15, 0.2) is 53.7 Å². The highest BCUT2D eigenvalue weighted by atomic mass is 32.2. The highest BCUT2D eigenvalue weighted by molar-refractivity contribution is 7.91. The second-order valence-electron chi connectivity index (χ2n) is 9.50. The Morgan fingerprint density at radius 1 is 1.06 bits per heavy atom. The molecule has 1 unspecified atom stereocenters. The summed E-state index contributed by atoms with van der Waals surface area (Å²) in [5.74, 6) is -0.275. The highest BCUT2D eigenvalue weighted by Crippen LogP contribution is 2.41. The van der Waals surface area contributed by atoms with E-state index in [4.69, 9.17) is 10.7 Å². The Kier molecular flexibility index (Phi) is 5.12. The molecule has 8 nitrogen and oxygen atoms in total. The minimum Gasteiger partial charge on any atom is -0.382 e. The third-order valence-electron chi connectivity index (χ3n) is 7.12. The summed E-state index contributed by atoms with van der Waals surface area (Å²) in [7, 11) is -3.63. The lowest BCUT2D eigenvalue weighted by Gasteiger charge is -2.30. The van der Waals surface area contributed by atoms with Gasteiger partial charge in [0.05, 0.1) is 17.6 Å². The van der Waals surface area contributed by atoms with E-state index in [9.17, 15) is 12.8 Å². The monoisotopic (exact) mass is 492 g/mol. The van der Waals surface area contributed by atoms with Crippen LogP contribution in [-0.4, -0.2) is 46.3 Å². The molecule has 2 fully saturated rings. The molecule has 1 aromatic carbocycles. The summed E-state index contributed by atoms with van der Waals surface area (Å²) in [6.45, 7) is 0. The van der Waals surface area contributed by atoms with Crippen molar-refractivity contribution < 1.29 is 12.8 Å². The van der Waals surface area contributed by atoms with Crippen LogP contribution < -0.4 is 11.1 Å². The molecule has 2 bridgehead atoms. The van der Waals surface area contributed by atoms with E-state index < -0.39 is 9.84 Å². The summed E-state index contributed by atoms with van der Waals surface area (Å²) in [5, 5.41) is 7.95. The normalized spacial score (nSPS) is 22.1. The van der Waals surface area contributed by atoms with E-state index in [0.717, 1.165) is 31.2 Å². The molecule has 6 rings (SSSR count). The van der Waals surface area contributed by atoms with Gasteiger partial charge in [0, 0.05) is 47.1 Å². The SMILES string of the molecule is CS(=O)(=O)c1c(C2C[C@H]3CC[C@@H](C2)N3)nc2c(-c3ccc(-c4ccccc4F)nc3)cnn2c1N. The highest BCUT2D eigenvalue weighted by Gasteiger charge is 2.38. The fourth-order valence-corrected chi connectivity index (χ4v) is 6.60. The number of anilines is 1. The summed E-state index contributed by atoms with van der Waals surface area (Å²) < 4.78 is 41.2. The lowest BCUT2D eigenvalue weighted by atomic mass is 9.89. The summed E-state index contributed by atoms with van der Waals surface area (Å²) in [4.78, 5) is 9.40. The number of piperidine rings is 1. The number of rotatable bonds is 4. The molecule has 0 amide bonds. The predicted octanol–water partition coefficient (Wildman–Crippen LogP) is 3.58. The third-order valence-corrected chi connectivity index (χ3v) is 8.28. The molecule has 3 aromatic heterocycles. The summed E-state index contributed by atoms with van der Waals surface area (Å²) in [5.41, 5.74) is 9.77. The standard InChI is InChI=1S/C25H25FN6O2S/c1-35(33,34)23-22(15-10-16-7-8-17(11-15)30-16)31-25-19(13-29-32(25)24(23)27)14-6-9-21(28-12-14)18-4-2-3-5-20(18)26/h2-6,9,12-13,15-17,30H,7-8,10-11,27H2,1H3/t15?,16-,17+. The van der Waals surface area contributed by atoms with Gasteiger partial charge < -0.3 is 11.1 Å². The van der Waals surface area contributed by atoms with Gasteiger partial charge in [0.25, 0.3) is 0 Å². The van der Waals surface area contributed by atoms with Crippen molar-refractivity contribution >= 4 is 21.3 Å². The maximum absolute atomic E-state index is 14.2. The zero-order valence-corrected chi connectivity index (χ0v) is 20.0. The number of benzene rings is 1. The predicted molar refractivity (Wildman–Crippen MR) is 131 cm³/mol. The van der Waals surface area contributed by atoms with Crippen LogP contribution in [0.2, 0.25) is 0 Å². The van der Waals surface area contributed by atoms with E-state index in [2.05, 4.69) is 15.4 Å². The molecular formula is C25H25FN6O2S. The molecule has 35 heavy (non-hydrogen) atoms. The Balaban J connectivity index is 1.48. The molecule has 0 radical (unpaired) electrons. The van der Waals surface area contributed by atoms with Gasteiger partial charge in [-0.25, -0.2) is 17.8 Å². The van der Waals surface area contributed by atoms with Crippen molar-refractivity contribution in [1.82, 2.24) is 24.9 Å². The number of nitrogen functional groups attached to an aromatic ring is 1. The van der Waals surface area contributed by atoms with Crippen LogP contribution in [0, 0.1) is 5.82 Å². The average Bonchev–Trinajstić information content (AvgIpc) is 3.41. The first kappa shape index (κ1) is 22.1. The van der Waals surface area contributed by atoms with E-state index in [1.807, 2.05) is 6.07 Å². The third kappa shape index (κ3) is 3.77. The topological polar surface area (TPSA) is 115 Å². The molecule has 3 atom stereocenters. The van der Waals surface area contributed by atoms with Crippen molar-refractivity contribution in [3.8, 4) is 22.4 Å². The Hall–Kier alpha value is -3.37. The van der Waals surface area contributed by atoms with Gasteiger partial charge in [0.15, 0.2) is 15.5 Å². The molecule has 10 heteroatoms. The number of halogens is 1. The van der Waals surface area contributed by atoms with E-state index >= 15 is 0 Å². The number of hydrogen-bond acceptors (Lipinski definition) is 7. The molecule has 4 aromatic rings. The van der Waals surface area contributed by atoms with Gasteiger partial charge in [-0.1, -0.05) is 18.2 Å². The van der Waals surface area contributed by atoms with Gasteiger partial charge in [-0.2, -0.15) is 9.61 Å². The maximum Gasteiger partial charge on any atom is 0.180 e. The largest absolute Gasteiger partial charge is 0.382 e. The fraction of sp³-hybridized carbons (Fsp3) is 0.320. The molecule has 2 aliphatic rings. The maximum atomic E-state index is 14.2. The van der Waals surface area contributed by atoms with Crippen molar-refractivity contribution in [3.05, 3.63) is 60.3 Å². The van der Waals surface area contributed by atoms with Crippen LogP contribution >= 0.6 is 0 Å². The lowest BCUT2D eigenvalue weighted by molar-refractivity contribution is 0.355. The number of hydrogen-bond donors (Lipinski definition) is 2. The Morgan fingerprint density at radius 3 is 2.46 bits per heavy atom. The van der Waals surface area contributed by atoms with Gasteiger partial charge in [-0.05, 0) is 43.9 Å². The second-order valence-corrected chi connectivity index (χ2v) is 11.4. The van der Waals surface area contributed by atoms with E-state index in [-0.39, 0.29) is 22.4 Å². The van der Waals surface area contributed by atoms with Crippen LogP contribution in [0.1, 0.15) is 37.3 Å². The van der Waals surface area contributed by atoms with Crippen LogP contribution in [0.5, 0.6) is 0 Å². The quantitative estimate of drug-likeness (QED) is 0.447. The zero-order valence-electron chi connectivity index (χ0n) is 19.1. The molecule has 180 valence electrons. The number of sulfone groups is 1. The molecule has 0 saturated carbocycles. The number of aromatic nitrogens is 4. The first-order valence-electron chi connectivity index (χ1n) is 11.6. The van der Waals surface area contributed by atoms with Crippen LogP contribution in [0.4, 0.5) is 10.2 Å². The Bertz CT molecular complexity index is 1540. The van der Waals surface area contributed by atoms with Crippen LogP contribution in [-0.2, 0) is 9.84 Å². The second kappa shape index (κ2) is 8.10.